The molecule has 0 aliphatic carbocycles. The molecule has 3 nitrogen and oxygen atoms in total. The molecule has 15 heavy (non-hydrogen) atoms. The SMILES string of the molecule is C=S(=O)(NO)c1ccc2ccccc2c1. The molecule has 0 aliphatic heterocycles. The molecule has 4 heteroatoms. The zero-order chi connectivity index (χ0) is 10.9. The largest absolute Gasteiger partial charge is 0.304 e. The van der Waals surface area contributed by atoms with Gasteiger partial charge in [0.15, 0.2) is 0 Å². The molecule has 2 rings (SSSR count). The topological polar surface area (TPSA) is 49.3 Å². The third-order valence-electron chi connectivity index (χ3n) is 2.25. The van der Waals surface area contributed by atoms with Gasteiger partial charge in [-0.3, -0.25) is 0 Å². The van der Waals surface area contributed by atoms with E-state index in [2.05, 4.69) is 5.87 Å². The van der Waals surface area contributed by atoms with E-state index in [4.69, 9.17) is 5.21 Å². The first kappa shape index (κ1) is 10.2. The van der Waals surface area contributed by atoms with Crippen LogP contribution in [0.5, 0.6) is 0 Å². The minimum absolute atomic E-state index is 0.490. The van der Waals surface area contributed by atoms with Crippen molar-refractivity contribution in [3.05, 3.63) is 42.5 Å². The van der Waals surface area contributed by atoms with E-state index in [0.29, 0.717) is 4.90 Å². The summed E-state index contributed by atoms with van der Waals surface area (Å²) in [6, 6.07) is 13.0. The third kappa shape index (κ3) is 1.87. The lowest BCUT2D eigenvalue weighted by Gasteiger charge is -2.07. The molecule has 1 atom stereocenters. The molecule has 0 radical (unpaired) electrons. The lowest BCUT2D eigenvalue weighted by atomic mass is 10.1. The van der Waals surface area contributed by atoms with Crippen molar-refractivity contribution in [3.63, 3.8) is 0 Å². The van der Waals surface area contributed by atoms with Gasteiger partial charge < -0.3 is 5.21 Å². The van der Waals surface area contributed by atoms with Crippen molar-refractivity contribution in [2.45, 2.75) is 4.90 Å². The van der Waals surface area contributed by atoms with Crippen LogP contribution in [-0.4, -0.2) is 15.3 Å². The fourth-order valence-electron chi connectivity index (χ4n) is 1.43. The van der Waals surface area contributed by atoms with Crippen LogP contribution in [0.25, 0.3) is 10.8 Å². The van der Waals surface area contributed by atoms with Crippen LogP contribution in [0.1, 0.15) is 0 Å². The van der Waals surface area contributed by atoms with E-state index < -0.39 is 9.71 Å². The molecule has 2 aromatic carbocycles. The van der Waals surface area contributed by atoms with Gasteiger partial charge in [0.05, 0.1) is 9.71 Å². The molecule has 78 valence electrons. The summed E-state index contributed by atoms with van der Waals surface area (Å²) in [7, 11) is -2.78. The molecular weight excluding hydrogens is 210 g/mol. The number of hydrogen-bond donors (Lipinski definition) is 2. The van der Waals surface area contributed by atoms with Gasteiger partial charge >= 0.3 is 0 Å². The first-order chi connectivity index (χ1) is 7.13. The maximum Gasteiger partial charge on any atom is 0.0752 e. The van der Waals surface area contributed by atoms with Crippen molar-refractivity contribution in [1.82, 2.24) is 4.89 Å². The highest BCUT2D eigenvalue weighted by atomic mass is 32.2. The van der Waals surface area contributed by atoms with Crippen LogP contribution in [0.3, 0.4) is 0 Å². The van der Waals surface area contributed by atoms with Crippen LogP contribution in [0.15, 0.2) is 47.4 Å². The predicted octanol–water partition coefficient (Wildman–Crippen LogP) is 1.81. The Hall–Kier alpha value is -1.36. The second-order valence-corrected chi connectivity index (χ2v) is 5.28. The lowest BCUT2D eigenvalue weighted by molar-refractivity contribution is 0.250. The second kappa shape index (κ2) is 3.66. The van der Waals surface area contributed by atoms with Gasteiger partial charge in [-0.2, -0.15) is 0 Å². The van der Waals surface area contributed by atoms with E-state index in [1.54, 1.807) is 17.0 Å². The Morgan fingerprint density at radius 1 is 1.13 bits per heavy atom. The molecule has 0 aliphatic rings. The molecule has 1 unspecified atom stereocenters. The van der Waals surface area contributed by atoms with E-state index in [0.717, 1.165) is 10.8 Å². The minimum atomic E-state index is -2.78. The molecule has 0 saturated carbocycles. The van der Waals surface area contributed by atoms with Crippen LogP contribution < -0.4 is 4.89 Å². The first-order valence-corrected chi connectivity index (χ1v) is 6.13. The fraction of sp³-hybridized carbons (Fsp3) is 0. The smallest absolute Gasteiger partial charge is 0.0752 e. The van der Waals surface area contributed by atoms with Crippen molar-refractivity contribution in [2.75, 3.05) is 0 Å². The average Bonchev–Trinajstić information content (AvgIpc) is 2.28. The summed E-state index contributed by atoms with van der Waals surface area (Å²) in [5.41, 5.74) is 0. The van der Waals surface area contributed by atoms with Crippen molar-refractivity contribution in [3.8, 4) is 0 Å². The summed E-state index contributed by atoms with van der Waals surface area (Å²) < 4.78 is 11.7. The van der Waals surface area contributed by atoms with Gasteiger partial charge in [0, 0.05) is 4.90 Å². The Kier molecular flexibility index (Phi) is 2.48. The minimum Gasteiger partial charge on any atom is -0.304 e. The van der Waals surface area contributed by atoms with E-state index in [1.165, 1.54) is 0 Å². The predicted molar refractivity (Wildman–Crippen MR) is 62.4 cm³/mol. The van der Waals surface area contributed by atoms with Crippen LogP contribution >= 0.6 is 0 Å². The maximum absolute atomic E-state index is 11.7. The number of nitrogens with one attached hydrogen (secondary N) is 1. The Balaban J connectivity index is 2.67. The average molecular weight is 221 g/mol. The quantitative estimate of drug-likeness (QED) is 0.600. The number of benzene rings is 2. The van der Waals surface area contributed by atoms with Crippen molar-refractivity contribution in [1.29, 1.82) is 0 Å². The van der Waals surface area contributed by atoms with Crippen LogP contribution in [-0.2, 0) is 9.71 Å². The van der Waals surface area contributed by atoms with Crippen LogP contribution in [0.4, 0.5) is 0 Å². The van der Waals surface area contributed by atoms with E-state index >= 15 is 0 Å². The highest BCUT2D eigenvalue weighted by Gasteiger charge is 2.05. The number of rotatable bonds is 2. The van der Waals surface area contributed by atoms with Gasteiger partial charge in [-0.15, -0.1) is 4.89 Å². The summed E-state index contributed by atoms with van der Waals surface area (Å²) in [6.45, 7) is 0. The van der Waals surface area contributed by atoms with Crippen molar-refractivity contribution >= 4 is 26.4 Å². The molecule has 0 aromatic heterocycles. The third-order valence-corrected chi connectivity index (χ3v) is 3.56. The summed E-state index contributed by atoms with van der Waals surface area (Å²) in [5.74, 6) is 3.43. The highest BCUT2D eigenvalue weighted by Crippen LogP contribution is 2.18. The van der Waals surface area contributed by atoms with E-state index in [-0.39, 0.29) is 0 Å². The van der Waals surface area contributed by atoms with Crippen LogP contribution in [0.2, 0.25) is 0 Å². The molecule has 0 heterocycles. The normalized spacial score (nSPS) is 15.0. The first-order valence-electron chi connectivity index (χ1n) is 4.40. The molecule has 0 saturated heterocycles. The number of hydrogen-bond acceptors (Lipinski definition) is 2. The molecule has 2 N–H and O–H groups in total. The Labute approximate surface area is 88.5 Å². The maximum atomic E-state index is 11.7. The standard InChI is InChI=1S/C11H11NO2S/c1-15(14,12-13)11-7-6-9-4-2-3-5-10(9)8-11/h2-8,13H,1H2,(H,12,14). The zero-order valence-electron chi connectivity index (χ0n) is 8.01. The summed E-state index contributed by atoms with van der Waals surface area (Å²) in [4.78, 5) is 2.23. The zero-order valence-corrected chi connectivity index (χ0v) is 8.83. The van der Waals surface area contributed by atoms with Gasteiger partial charge in [0.2, 0.25) is 0 Å². The molecule has 2 aromatic rings. The molecular formula is C11H11NO2S. The Bertz CT molecular complexity index is 590. The van der Waals surface area contributed by atoms with E-state index in [9.17, 15) is 4.21 Å². The lowest BCUT2D eigenvalue weighted by Crippen LogP contribution is -2.18. The van der Waals surface area contributed by atoms with Gasteiger partial charge in [-0.1, -0.05) is 30.3 Å². The summed E-state index contributed by atoms with van der Waals surface area (Å²) in [5, 5.41) is 10.8. The van der Waals surface area contributed by atoms with Crippen LogP contribution in [0, 0.1) is 0 Å². The molecule has 0 bridgehead atoms. The fourth-order valence-corrected chi connectivity index (χ4v) is 2.14. The summed E-state index contributed by atoms with van der Waals surface area (Å²) >= 11 is 0. The molecule has 0 amide bonds. The van der Waals surface area contributed by atoms with Crippen molar-refractivity contribution in [2.24, 2.45) is 0 Å². The van der Waals surface area contributed by atoms with Gasteiger partial charge in [0.25, 0.3) is 0 Å². The Morgan fingerprint density at radius 2 is 1.80 bits per heavy atom. The molecule has 0 fully saturated rings. The highest BCUT2D eigenvalue weighted by molar-refractivity contribution is 7.98. The Morgan fingerprint density at radius 3 is 2.47 bits per heavy atom. The van der Waals surface area contributed by atoms with Gasteiger partial charge in [-0.25, -0.2) is 4.21 Å². The van der Waals surface area contributed by atoms with Gasteiger partial charge in [-0.05, 0) is 28.8 Å². The summed E-state index contributed by atoms with van der Waals surface area (Å²) in [6.07, 6.45) is 0. The van der Waals surface area contributed by atoms with Crippen molar-refractivity contribution < 1.29 is 9.42 Å². The number of fused-ring (bicyclic) bond motifs is 1. The second-order valence-electron chi connectivity index (χ2n) is 3.28. The van der Waals surface area contributed by atoms with Gasteiger partial charge in [0.1, 0.15) is 0 Å². The monoisotopic (exact) mass is 221 g/mol. The molecule has 0 spiro atoms. The van der Waals surface area contributed by atoms with E-state index in [1.807, 2.05) is 30.3 Å².